The van der Waals surface area contributed by atoms with Crippen LogP contribution in [0.25, 0.3) is 0 Å². The van der Waals surface area contributed by atoms with Gasteiger partial charge in [0.25, 0.3) is 11.8 Å². The van der Waals surface area contributed by atoms with Crippen LogP contribution in [0.1, 0.15) is 70.5 Å². The van der Waals surface area contributed by atoms with Crippen LogP contribution in [0, 0.1) is 0 Å². The molecule has 0 radical (unpaired) electrons. The second-order valence-corrected chi connectivity index (χ2v) is 13.4. The van der Waals surface area contributed by atoms with Gasteiger partial charge in [-0.3, -0.25) is 14.3 Å². The van der Waals surface area contributed by atoms with Gasteiger partial charge in [0, 0.05) is 49.6 Å². The molecule has 2 aromatic heterocycles. The maximum Gasteiger partial charge on any atom is 0.273 e. The minimum absolute atomic E-state index is 0.0548. The second-order valence-electron chi connectivity index (χ2n) is 10.2. The van der Waals surface area contributed by atoms with E-state index < -0.39 is 9.73 Å². The van der Waals surface area contributed by atoms with Crippen LogP contribution in [0.3, 0.4) is 0 Å². The first kappa shape index (κ1) is 27.6. The summed E-state index contributed by atoms with van der Waals surface area (Å²) in [7, 11) is -1.03. The van der Waals surface area contributed by atoms with Crippen molar-refractivity contribution in [1.82, 2.24) is 24.6 Å². The first-order chi connectivity index (χ1) is 18.4. The summed E-state index contributed by atoms with van der Waals surface area (Å²) in [6.45, 7) is 6.72. The summed E-state index contributed by atoms with van der Waals surface area (Å²) in [5.74, 6) is -0.316. The number of aromatic nitrogens is 3. The Hall–Kier alpha value is -2.95. The van der Waals surface area contributed by atoms with E-state index in [0.29, 0.717) is 39.3 Å². The number of pyridine rings is 1. The molecule has 0 N–H and O–H groups in total. The van der Waals surface area contributed by atoms with Crippen molar-refractivity contribution in [3.05, 3.63) is 74.7 Å². The number of carbonyl (C=O) groups is 2. The molecule has 0 saturated heterocycles. The Morgan fingerprint density at radius 2 is 1.90 bits per heavy atom. The van der Waals surface area contributed by atoms with Crippen LogP contribution in [0.5, 0.6) is 0 Å². The van der Waals surface area contributed by atoms with Crippen molar-refractivity contribution >= 4 is 44.7 Å². The third-order valence-electron chi connectivity index (χ3n) is 7.66. The Morgan fingerprint density at radius 1 is 1.15 bits per heavy atom. The van der Waals surface area contributed by atoms with E-state index in [0.717, 1.165) is 16.8 Å². The number of amides is 2. The number of fused-ring (bicyclic) bond motifs is 3. The number of hydrogen-bond donors (Lipinski definition) is 0. The van der Waals surface area contributed by atoms with Gasteiger partial charge < -0.3 is 9.80 Å². The average Bonchev–Trinajstić information content (AvgIpc) is 3.30. The summed E-state index contributed by atoms with van der Waals surface area (Å²) in [4.78, 5) is 35.4. The smallest absolute Gasteiger partial charge is 0.273 e. The molecule has 1 unspecified atom stereocenters. The molecule has 1 aromatic carbocycles. The summed E-state index contributed by atoms with van der Waals surface area (Å²) < 4.78 is 18.3. The maximum absolute atomic E-state index is 13.9. The van der Waals surface area contributed by atoms with Crippen LogP contribution in [-0.2, 0) is 22.7 Å². The minimum atomic E-state index is -2.54. The summed E-state index contributed by atoms with van der Waals surface area (Å²) in [6.07, 6.45) is 3.75. The van der Waals surface area contributed by atoms with Gasteiger partial charge in [-0.1, -0.05) is 29.3 Å². The zero-order valence-corrected chi connectivity index (χ0v) is 24.7. The molecular formula is C27H30Cl2N6O3S. The highest BCUT2D eigenvalue weighted by atomic mass is 35.5. The lowest BCUT2D eigenvalue weighted by Crippen LogP contribution is -2.45. The van der Waals surface area contributed by atoms with Gasteiger partial charge in [-0.05, 0) is 50.6 Å². The Balaban J connectivity index is 1.45. The normalized spacial score (nSPS) is 21.2. The molecular weight excluding hydrogens is 559 g/mol. The van der Waals surface area contributed by atoms with Crippen molar-refractivity contribution in [2.75, 3.05) is 19.8 Å². The number of carbonyl (C=O) groups excluding carboxylic acids is 2. The zero-order chi connectivity index (χ0) is 28.2. The van der Waals surface area contributed by atoms with Crippen LogP contribution in [0.15, 0.2) is 45.9 Å². The largest absolute Gasteiger partial charge is 0.331 e. The summed E-state index contributed by atoms with van der Waals surface area (Å²) in [5.41, 5.74) is 3.41. The number of halogens is 2. The van der Waals surface area contributed by atoms with Crippen LogP contribution in [-0.4, -0.2) is 66.5 Å². The van der Waals surface area contributed by atoms with Crippen LogP contribution in [0.4, 0.5) is 0 Å². The van der Waals surface area contributed by atoms with E-state index in [4.69, 9.17) is 28.3 Å². The second kappa shape index (κ2) is 10.2. The quantitative estimate of drug-likeness (QED) is 0.425. The molecule has 206 valence electrons. The van der Waals surface area contributed by atoms with E-state index in [9.17, 15) is 13.8 Å². The van der Waals surface area contributed by atoms with Crippen LogP contribution < -0.4 is 0 Å². The SMILES string of the molecule is CN=S(C)(=O)c1ccc([C@H](C)N2C[C@@H](C)n3nc4c(c3C2=O)CN(C(=O)c2ccc(Cl)c(Cl)c2)[C@H](C)C4)cn1. The Morgan fingerprint density at radius 3 is 2.54 bits per heavy atom. The van der Waals surface area contributed by atoms with Gasteiger partial charge in [0.15, 0.2) is 0 Å². The molecule has 5 rings (SSSR count). The molecule has 2 aliphatic heterocycles. The lowest BCUT2D eigenvalue weighted by molar-refractivity contribution is 0.0574. The molecule has 9 nitrogen and oxygen atoms in total. The summed E-state index contributed by atoms with van der Waals surface area (Å²) in [6, 6.07) is 7.96. The highest BCUT2D eigenvalue weighted by Crippen LogP contribution is 2.35. The fraction of sp³-hybridized carbons (Fsp3) is 0.407. The van der Waals surface area contributed by atoms with Gasteiger partial charge >= 0.3 is 0 Å². The maximum atomic E-state index is 13.9. The Kier molecular flexibility index (Phi) is 7.24. The predicted molar refractivity (Wildman–Crippen MR) is 151 cm³/mol. The predicted octanol–water partition coefficient (Wildman–Crippen LogP) is 5.04. The number of hydrogen-bond acceptors (Lipinski definition) is 6. The third kappa shape index (κ3) is 4.83. The van der Waals surface area contributed by atoms with Crippen molar-refractivity contribution in [2.24, 2.45) is 4.36 Å². The molecule has 2 aliphatic rings. The average molecular weight is 590 g/mol. The molecule has 0 aliphatic carbocycles. The Labute approximate surface area is 238 Å². The first-order valence-corrected chi connectivity index (χ1v) is 15.3. The molecule has 0 fully saturated rings. The molecule has 0 spiro atoms. The number of benzene rings is 1. The summed E-state index contributed by atoms with van der Waals surface area (Å²) >= 11 is 12.2. The lowest BCUT2D eigenvalue weighted by atomic mass is 9.96. The molecule has 39 heavy (non-hydrogen) atoms. The van der Waals surface area contributed by atoms with Crippen molar-refractivity contribution in [2.45, 2.75) is 56.9 Å². The van der Waals surface area contributed by atoms with Crippen molar-refractivity contribution in [3.63, 3.8) is 0 Å². The van der Waals surface area contributed by atoms with Gasteiger partial charge in [-0.15, -0.1) is 0 Å². The number of nitrogens with zero attached hydrogens (tertiary/aromatic N) is 6. The monoisotopic (exact) mass is 588 g/mol. The minimum Gasteiger partial charge on any atom is -0.331 e. The molecule has 3 aromatic rings. The van der Waals surface area contributed by atoms with E-state index in [1.807, 2.05) is 36.4 Å². The molecule has 0 saturated carbocycles. The lowest BCUT2D eigenvalue weighted by Gasteiger charge is -2.37. The zero-order valence-electron chi connectivity index (χ0n) is 22.4. The van der Waals surface area contributed by atoms with Gasteiger partial charge in [0.1, 0.15) is 10.7 Å². The highest BCUT2D eigenvalue weighted by Gasteiger charge is 2.40. The fourth-order valence-electron chi connectivity index (χ4n) is 5.23. The van der Waals surface area contributed by atoms with Crippen molar-refractivity contribution in [1.29, 1.82) is 0 Å². The van der Waals surface area contributed by atoms with E-state index in [1.54, 1.807) is 41.6 Å². The van der Waals surface area contributed by atoms with E-state index in [1.165, 1.54) is 7.05 Å². The third-order valence-corrected chi connectivity index (χ3v) is 10.1. The molecule has 2 amide bonds. The topological polar surface area (TPSA) is 101 Å². The standard InChI is InChI=1S/C27H30Cl2N6O3S/c1-15-10-23-20(14-33(15)26(36)18-6-8-21(28)22(29)11-18)25-27(37)34(13-16(2)35(25)32-23)17(3)19-7-9-24(31-12-19)39(5,38)30-4/h6-9,11-12,15-17H,10,13-14H2,1-5H3/t15-,16-,17+,39?/m1/s1. The van der Waals surface area contributed by atoms with E-state index in [-0.39, 0.29) is 36.5 Å². The van der Waals surface area contributed by atoms with E-state index in [2.05, 4.69) is 9.35 Å². The first-order valence-electron chi connectivity index (χ1n) is 12.7. The van der Waals surface area contributed by atoms with Crippen LogP contribution in [0.2, 0.25) is 10.0 Å². The Bertz CT molecular complexity index is 1600. The van der Waals surface area contributed by atoms with Crippen molar-refractivity contribution in [3.8, 4) is 0 Å². The summed E-state index contributed by atoms with van der Waals surface area (Å²) in [5, 5.41) is 5.93. The van der Waals surface area contributed by atoms with Crippen molar-refractivity contribution < 1.29 is 13.8 Å². The van der Waals surface area contributed by atoms with Gasteiger partial charge in [-0.25, -0.2) is 13.6 Å². The molecule has 0 bridgehead atoms. The van der Waals surface area contributed by atoms with Gasteiger partial charge in [0.2, 0.25) is 0 Å². The molecule has 4 heterocycles. The van der Waals surface area contributed by atoms with E-state index >= 15 is 0 Å². The number of rotatable bonds is 4. The van der Waals surface area contributed by atoms with Gasteiger partial charge in [-0.2, -0.15) is 5.10 Å². The van der Waals surface area contributed by atoms with Crippen LogP contribution >= 0.6 is 23.2 Å². The molecule has 12 heteroatoms. The fourth-order valence-corrected chi connectivity index (χ4v) is 6.28. The highest BCUT2D eigenvalue weighted by molar-refractivity contribution is 7.92. The van der Waals surface area contributed by atoms with Gasteiger partial charge in [0.05, 0.1) is 44.1 Å². The molecule has 4 atom stereocenters.